The van der Waals surface area contributed by atoms with Gasteiger partial charge in [0.2, 0.25) is 0 Å². The first-order valence-corrected chi connectivity index (χ1v) is 3.79. The fourth-order valence-corrected chi connectivity index (χ4v) is 1.20. The normalized spacial score (nSPS) is 10.0. The van der Waals surface area contributed by atoms with Gasteiger partial charge < -0.3 is 11.5 Å². The smallest absolute Gasteiger partial charge is 0.0580 e. The molecule has 0 saturated heterocycles. The number of hydrogen-bond donors (Lipinski definition) is 2. The molecule has 0 bridgehead atoms. The van der Waals surface area contributed by atoms with Gasteiger partial charge in [0.15, 0.2) is 0 Å². The van der Waals surface area contributed by atoms with Crippen LogP contribution in [-0.2, 0) is 6.42 Å². The molecule has 0 amide bonds. The molecule has 0 heterocycles. The maximum atomic E-state index is 5.74. The summed E-state index contributed by atoms with van der Waals surface area (Å²) in [5.41, 5.74) is 15.2. The molecule has 0 aromatic heterocycles. The molecule has 1 aromatic rings. The van der Waals surface area contributed by atoms with Gasteiger partial charge in [-0.2, -0.15) is 0 Å². The van der Waals surface area contributed by atoms with E-state index < -0.39 is 0 Å². The lowest BCUT2D eigenvalue weighted by atomic mass is 10.1. The van der Waals surface area contributed by atoms with Crippen LogP contribution in [0.2, 0.25) is 0 Å². The molecule has 0 saturated carbocycles. The average molecular weight is 150 g/mol. The summed E-state index contributed by atoms with van der Waals surface area (Å²) >= 11 is 0. The zero-order valence-electron chi connectivity index (χ0n) is 7.02. The molecule has 0 unspecified atom stereocenters. The summed E-state index contributed by atoms with van der Waals surface area (Å²) in [5.74, 6) is 0. The molecule has 4 N–H and O–H groups in total. The summed E-state index contributed by atoms with van der Waals surface area (Å²) in [4.78, 5) is 0. The van der Waals surface area contributed by atoms with Crippen molar-refractivity contribution in [1.82, 2.24) is 0 Å². The first-order valence-electron chi connectivity index (χ1n) is 3.79. The maximum absolute atomic E-state index is 5.74. The number of nitrogen functional groups attached to an aromatic ring is 2. The number of anilines is 2. The van der Waals surface area contributed by atoms with Crippen LogP contribution in [-0.4, -0.2) is 0 Å². The number of aryl methyl sites for hydroxylation is 2. The molecule has 0 aliphatic rings. The van der Waals surface area contributed by atoms with Crippen molar-refractivity contribution in [1.29, 1.82) is 0 Å². The van der Waals surface area contributed by atoms with E-state index in [1.54, 1.807) is 0 Å². The highest BCUT2D eigenvalue weighted by atomic mass is 14.7. The van der Waals surface area contributed by atoms with E-state index in [4.69, 9.17) is 11.5 Å². The first-order chi connectivity index (χ1) is 5.15. The summed E-state index contributed by atoms with van der Waals surface area (Å²) in [6.07, 6.45) is 0.942. The lowest BCUT2D eigenvalue weighted by Crippen LogP contribution is -1.99. The summed E-state index contributed by atoms with van der Waals surface area (Å²) < 4.78 is 0. The Labute approximate surface area is 67.2 Å². The van der Waals surface area contributed by atoms with Gasteiger partial charge in [-0.05, 0) is 30.5 Å². The minimum atomic E-state index is 0.696. The first kappa shape index (κ1) is 7.92. The fraction of sp³-hybridized carbons (Fsp3) is 0.333. The van der Waals surface area contributed by atoms with Crippen LogP contribution in [0.3, 0.4) is 0 Å². The van der Waals surface area contributed by atoms with E-state index in [0.29, 0.717) is 5.69 Å². The van der Waals surface area contributed by atoms with Crippen LogP contribution in [0.15, 0.2) is 12.1 Å². The highest BCUT2D eigenvalue weighted by Crippen LogP contribution is 2.22. The molecule has 2 nitrogen and oxygen atoms in total. The molecule has 0 spiro atoms. The lowest BCUT2D eigenvalue weighted by molar-refractivity contribution is 1.14. The second kappa shape index (κ2) is 2.82. The number of rotatable bonds is 1. The highest BCUT2D eigenvalue weighted by Gasteiger charge is 2.00. The van der Waals surface area contributed by atoms with E-state index in [-0.39, 0.29) is 0 Å². The van der Waals surface area contributed by atoms with Crippen molar-refractivity contribution in [2.45, 2.75) is 20.3 Å². The Morgan fingerprint density at radius 3 is 2.45 bits per heavy atom. The van der Waals surface area contributed by atoms with Crippen molar-refractivity contribution >= 4 is 11.4 Å². The van der Waals surface area contributed by atoms with Crippen molar-refractivity contribution < 1.29 is 0 Å². The van der Waals surface area contributed by atoms with Crippen LogP contribution in [0.4, 0.5) is 11.4 Å². The molecule has 0 radical (unpaired) electrons. The summed E-state index contributed by atoms with van der Waals surface area (Å²) in [7, 11) is 0. The average Bonchev–Trinajstić information content (AvgIpc) is 1.96. The molecule has 1 rings (SSSR count). The van der Waals surface area contributed by atoms with Gasteiger partial charge in [-0.1, -0.05) is 13.0 Å². The summed E-state index contributed by atoms with van der Waals surface area (Å²) in [6.45, 7) is 4.10. The predicted molar refractivity (Wildman–Crippen MR) is 49.4 cm³/mol. The van der Waals surface area contributed by atoms with Crippen LogP contribution in [0, 0.1) is 6.92 Å². The lowest BCUT2D eigenvalue weighted by Gasteiger charge is -2.07. The second-order valence-electron chi connectivity index (χ2n) is 2.78. The molecule has 2 heteroatoms. The van der Waals surface area contributed by atoms with Crippen LogP contribution in [0.5, 0.6) is 0 Å². The Balaban J connectivity index is 3.24. The van der Waals surface area contributed by atoms with E-state index in [9.17, 15) is 0 Å². The Morgan fingerprint density at radius 1 is 1.27 bits per heavy atom. The largest absolute Gasteiger partial charge is 0.397 e. The van der Waals surface area contributed by atoms with Gasteiger partial charge >= 0.3 is 0 Å². The van der Waals surface area contributed by atoms with Crippen LogP contribution < -0.4 is 11.5 Å². The van der Waals surface area contributed by atoms with E-state index in [1.165, 1.54) is 5.56 Å². The highest BCUT2D eigenvalue weighted by molar-refractivity contribution is 5.68. The van der Waals surface area contributed by atoms with Crippen molar-refractivity contribution in [3.8, 4) is 0 Å². The Hall–Kier alpha value is -1.18. The minimum absolute atomic E-state index is 0.696. The summed E-state index contributed by atoms with van der Waals surface area (Å²) in [6, 6.07) is 3.97. The van der Waals surface area contributed by atoms with Gasteiger partial charge in [-0.15, -0.1) is 0 Å². The van der Waals surface area contributed by atoms with Crippen LogP contribution >= 0.6 is 0 Å². The van der Waals surface area contributed by atoms with Crippen molar-refractivity contribution in [3.63, 3.8) is 0 Å². The topological polar surface area (TPSA) is 52.0 Å². The molecule has 0 aliphatic carbocycles. The fourth-order valence-electron chi connectivity index (χ4n) is 1.20. The molecule has 60 valence electrons. The van der Waals surface area contributed by atoms with Crippen LogP contribution in [0.25, 0.3) is 0 Å². The van der Waals surface area contributed by atoms with Gasteiger partial charge in [0.05, 0.1) is 11.4 Å². The predicted octanol–water partition coefficient (Wildman–Crippen LogP) is 1.72. The van der Waals surface area contributed by atoms with Gasteiger partial charge in [0.25, 0.3) is 0 Å². The number of hydrogen-bond acceptors (Lipinski definition) is 2. The quantitative estimate of drug-likeness (QED) is 0.599. The van der Waals surface area contributed by atoms with E-state index >= 15 is 0 Å². The third-order valence-electron chi connectivity index (χ3n) is 1.82. The zero-order chi connectivity index (χ0) is 8.43. The van der Waals surface area contributed by atoms with Gasteiger partial charge in [-0.3, -0.25) is 0 Å². The molecular formula is C9H14N2. The molecule has 11 heavy (non-hydrogen) atoms. The maximum Gasteiger partial charge on any atom is 0.0580 e. The van der Waals surface area contributed by atoms with Crippen molar-refractivity contribution in [2.24, 2.45) is 0 Å². The molecule has 0 aliphatic heterocycles. The third-order valence-corrected chi connectivity index (χ3v) is 1.82. The molecule has 0 fully saturated rings. The van der Waals surface area contributed by atoms with E-state index in [1.807, 2.05) is 13.0 Å². The van der Waals surface area contributed by atoms with Crippen molar-refractivity contribution in [2.75, 3.05) is 11.5 Å². The SMILES string of the molecule is CCc1cc(C)cc(N)c1N. The molecule has 1 aromatic carbocycles. The number of nitrogens with two attached hydrogens (primary N) is 2. The molecule has 0 atom stereocenters. The monoisotopic (exact) mass is 150 g/mol. The third kappa shape index (κ3) is 1.45. The van der Waals surface area contributed by atoms with E-state index in [2.05, 4.69) is 13.0 Å². The van der Waals surface area contributed by atoms with E-state index in [0.717, 1.165) is 17.7 Å². The number of benzene rings is 1. The summed E-state index contributed by atoms with van der Waals surface area (Å²) in [5, 5.41) is 0. The van der Waals surface area contributed by atoms with Gasteiger partial charge in [0.1, 0.15) is 0 Å². The minimum Gasteiger partial charge on any atom is -0.397 e. The Kier molecular flexibility index (Phi) is 2.03. The molecular weight excluding hydrogens is 136 g/mol. The Morgan fingerprint density at radius 2 is 1.91 bits per heavy atom. The van der Waals surface area contributed by atoms with Crippen molar-refractivity contribution in [3.05, 3.63) is 23.3 Å². The van der Waals surface area contributed by atoms with Gasteiger partial charge in [0, 0.05) is 0 Å². The second-order valence-corrected chi connectivity index (χ2v) is 2.78. The van der Waals surface area contributed by atoms with Crippen LogP contribution in [0.1, 0.15) is 18.1 Å². The zero-order valence-corrected chi connectivity index (χ0v) is 7.02. The standard InChI is InChI=1S/C9H14N2/c1-3-7-4-6(2)5-8(10)9(7)11/h4-5H,3,10-11H2,1-2H3. The van der Waals surface area contributed by atoms with Gasteiger partial charge in [-0.25, -0.2) is 0 Å². The Bertz CT molecular complexity index is 267.